The van der Waals surface area contributed by atoms with E-state index in [1.165, 1.54) is 83.1 Å². The highest BCUT2D eigenvalue weighted by atomic mass is 16.8. The van der Waals surface area contributed by atoms with Gasteiger partial charge in [0.2, 0.25) is 24.1 Å². The molecule has 3 aromatic carbocycles. The van der Waals surface area contributed by atoms with Crippen molar-refractivity contribution in [3.05, 3.63) is 112 Å². The normalized spacial score (nSPS) is 30.5. The van der Waals surface area contributed by atoms with Gasteiger partial charge in [0, 0.05) is 35.4 Å². The third-order valence-electron chi connectivity index (χ3n) is 13.7. The molecule has 3 fully saturated rings. The first kappa shape index (κ1) is 62.2. The number of aromatic hydroxyl groups is 4. The second-order valence-electron chi connectivity index (χ2n) is 19.2. The van der Waals surface area contributed by atoms with E-state index in [9.17, 15) is 81.1 Å². The van der Waals surface area contributed by atoms with E-state index < -0.39 is 153 Å². The lowest BCUT2D eigenvalue weighted by Crippen LogP contribution is -2.64. The molecule has 3 saturated heterocycles. The summed E-state index contributed by atoms with van der Waals surface area (Å²) in [4.78, 5) is 26.2. The van der Waals surface area contributed by atoms with Gasteiger partial charge in [-0.2, -0.15) is 0 Å². The van der Waals surface area contributed by atoms with E-state index in [-0.39, 0.29) is 57.2 Å². The monoisotopic (exact) mass is 1190 g/mol. The number of phenols is 4. The van der Waals surface area contributed by atoms with E-state index in [4.69, 9.17) is 61.6 Å². The van der Waals surface area contributed by atoms with Crippen molar-refractivity contribution in [3.8, 4) is 46.0 Å². The van der Waals surface area contributed by atoms with Crippen molar-refractivity contribution in [3.63, 3.8) is 0 Å². The Morgan fingerprint density at radius 3 is 1.55 bits per heavy atom. The summed E-state index contributed by atoms with van der Waals surface area (Å²) in [7, 11) is 5.18. The van der Waals surface area contributed by atoms with Crippen LogP contribution < -0.4 is 18.9 Å². The van der Waals surface area contributed by atoms with Crippen LogP contribution in [0.2, 0.25) is 0 Å². The van der Waals surface area contributed by atoms with Crippen LogP contribution in [0.4, 0.5) is 0 Å². The number of aliphatic hydroxyl groups excluding tert-OH is 10. The number of ether oxygens (including phenoxy) is 13. The fourth-order valence-corrected chi connectivity index (χ4v) is 9.15. The third kappa shape index (κ3) is 13.5. The topological polar surface area (TPSA) is 437 Å². The first-order valence-corrected chi connectivity index (χ1v) is 25.5. The summed E-state index contributed by atoms with van der Waals surface area (Å²) in [5.74, 6) is -5.40. The molecule has 84 heavy (non-hydrogen) atoms. The molecule has 8 rings (SSSR count). The van der Waals surface area contributed by atoms with E-state index in [0.717, 1.165) is 30.4 Å². The summed E-state index contributed by atoms with van der Waals surface area (Å²) < 4.78 is 73.6. The molecule has 3 aromatic rings. The van der Waals surface area contributed by atoms with E-state index in [1.54, 1.807) is 0 Å². The Hall–Kier alpha value is -7.88. The number of allylic oxidation sites excluding steroid dienone is 2. The minimum atomic E-state index is -2.19. The molecule has 0 aromatic heterocycles. The Morgan fingerprint density at radius 2 is 1.04 bits per heavy atom. The lowest BCUT2D eigenvalue weighted by atomic mass is 9.95. The molecule has 29 nitrogen and oxygen atoms in total. The second-order valence-corrected chi connectivity index (χ2v) is 19.2. The van der Waals surface area contributed by atoms with Gasteiger partial charge in [-0.05, 0) is 71.8 Å². The lowest BCUT2D eigenvalue weighted by Gasteiger charge is -2.46. The quantitative estimate of drug-likeness (QED) is 0.0361. The highest BCUT2D eigenvalue weighted by molar-refractivity contribution is 5.88. The van der Waals surface area contributed by atoms with Crippen LogP contribution in [0.25, 0.3) is 17.9 Å². The summed E-state index contributed by atoms with van der Waals surface area (Å²) in [6.45, 7) is -2.46. The average molecular weight is 1190 g/mol. The van der Waals surface area contributed by atoms with Crippen LogP contribution in [-0.2, 0) is 52.2 Å². The predicted octanol–water partition coefficient (Wildman–Crippen LogP) is -1.14. The summed E-state index contributed by atoms with van der Waals surface area (Å²) in [6, 6.07) is 8.91. The lowest BCUT2D eigenvalue weighted by molar-refractivity contribution is -0.363. The Labute approximate surface area is 476 Å². The molecule has 4 heterocycles. The van der Waals surface area contributed by atoms with Gasteiger partial charge in [0.1, 0.15) is 98.0 Å². The van der Waals surface area contributed by atoms with Gasteiger partial charge in [-0.1, -0.05) is 0 Å². The van der Waals surface area contributed by atoms with Crippen LogP contribution in [0.15, 0.2) is 95.7 Å². The van der Waals surface area contributed by atoms with Crippen LogP contribution in [0.5, 0.6) is 46.0 Å². The van der Waals surface area contributed by atoms with E-state index in [1.807, 2.05) is 0 Å². The van der Waals surface area contributed by atoms with Crippen molar-refractivity contribution in [1.29, 1.82) is 0 Å². The van der Waals surface area contributed by atoms with E-state index in [2.05, 4.69) is 0 Å². The summed E-state index contributed by atoms with van der Waals surface area (Å²) in [5, 5.41) is 151. The summed E-state index contributed by atoms with van der Waals surface area (Å²) in [5.41, 5.74) is 0.538. The minimum Gasteiger partial charge on any atom is -0.508 e. The number of hydrogen-bond donors (Lipinski definition) is 14. The van der Waals surface area contributed by atoms with Crippen molar-refractivity contribution >= 4 is 29.8 Å². The molecule has 0 saturated carbocycles. The fourth-order valence-electron chi connectivity index (χ4n) is 9.15. The van der Waals surface area contributed by atoms with Crippen molar-refractivity contribution in [2.45, 2.75) is 98.2 Å². The van der Waals surface area contributed by atoms with Crippen LogP contribution in [0.1, 0.15) is 16.7 Å². The Bertz CT molecular complexity index is 3010. The van der Waals surface area contributed by atoms with Crippen molar-refractivity contribution in [1.82, 2.24) is 0 Å². The predicted molar refractivity (Wildman–Crippen MR) is 279 cm³/mol. The van der Waals surface area contributed by atoms with Gasteiger partial charge in [-0.15, -0.1) is 0 Å². The maximum atomic E-state index is 13.2. The number of aliphatic hydroxyl groups is 10. The zero-order valence-corrected chi connectivity index (χ0v) is 44.8. The highest BCUT2D eigenvalue weighted by Crippen LogP contribution is 2.43. The molecule has 4 aliphatic heterocycles. The molecule has 456 valence electrons. The fraction of sp³-hybridized carbons (Fsp3) is 0.418. The Morgan fingerprint density at radius 1 is 0.548 bits per heavy atom. The first-order chi connectivity index (χ1) is 40.1. The van der Waals surface area contributed by atoms with Gasteiger partial charge in [0.05, 0.1) is 35.0 Å². The number of benzene rings is 3. The number of methoxy groups -OCH3 is 4. The van der Waals surface area contributed by atoms with Crippen molar-refractivity contribution < 1.29 is 143 Å². The maximum Gasteiger partial charge on any atom is 0.330 e. The van der Waals surface area contributed by atoms with Crippen LogP contribution >= 0.6 is 0 Å². The van der Waals surface area contributed by atoms with Crippen LogP contribution in [0.3, 0.4) is 0 Å². The molecular formula is C55H62O29. The molecule has 1 unspecified atom stereocenters. The number of carbonyl (C=O) groups is 2. The average Bonchev–Trinajstić information content (AvgIpc) is 2.63. The van der Waals surface area contributed by atoms with Gasteiger partial charge >= 0.3 is 11.9 Å². The third-order valence-corrected chi connectivity index (χ3v) is 13.7. The van der Waals surface area contributed by atoms with Gasteiger partial charge < -0.3 is 133 Å². The molecular weight excluding hydrogens is 1120 g/mol. The highest BCUT2D eigenvalue weighted by Gasteiger charge is 2.53. The molecule has 16 atom stereocenters. The molecule has 0 amide bonds. The van der Waals surface area contributed by atoms with Crippen LogP contribution in [0, 0.1) is 0 Å². The molecule has 0 spiro atoms. The number of esters is 2. The molecule has 0 radical (unpaired) electrons. The van der Waals surface area contributed by atoms with Gasteiger partial charge in [-0.3, -0.25) is 0 Å². The first-order valence-electron chi connectivity index (χ1n) is 25.5. The molecule has 0 bridgehead atoms. The maximum absolute atomic E-state index is 13.2. The Kier molecular flexibility index (Phi) is 19.8. The standard InChI is InChI=1S/C55H62O29/c1-72-31-11-22(12-32(73-2)41(31)62)5-9-39(60)76-20-37-44(65)47(68)50(71)54(82-37)84-52-48(69)45(66)38(21-77-40(61)10-6-23-13-33(74-3)42(63)34(14-23)75-4)83-55(52)80-35-18-26-29(78-51(35)24-7-8-27(58)28(59)15-24)16-25(57)17-30(26)79-53-49(70)46(67)43(64)36(19-56)81-53/h5-18,29,36-38,43-50,52-59,62-71H,19-21H2,1-4H3/b9-5+,10-6+/t29?,36-,37-,38-,43-,44-,45-,46+,47+,48+,49-,50-,52-,53-,54+,55+/m1/s1. The smallest absolute Gasteiger partial charge is 0.330 e. The van der Waals surface area contributed by atoms with Crippen molar-refractivity contribution in [2.75, 3.05) is 48.3 Å². The van der Waals surface area contributed by atoms with E-state index >= 15 is 0 Å². The van der Waals surface area contributed by atoms with Crippen molar-refractivity contribution in [2.24, 2.45) is 0 Å². The van der Waals surface area contributed by atoms with E-state index in [0.29, 0.717) is 11.1 Å². The number of phenolic OH excluding ortho intramolecular Hbond substituents is 4. The number of fused-ring (bicyclic) bond motifs is 1. The Balaban J connectivity index is 1.11. The summed E-state index contributed by atoms with van der Waals surface area (Å²) >= 11 is 0. The number of carbonyl (C=O) groups excluding carboxylic acids is 2. The molecule has 1 aliphatic carbocycles. The molecule has 14 N–H and O–H groups in total. The number of hydrogen-bond acceptors (Lipinski definition) is 29. The van der Waals surface area contributed by atoms with Gasteiger partial charge in [-0.25, -0.2) is 9.59 Å². The zero-order valence-electron chi connectivity index (χ0n) is 44.8. The summed E-state index contributed by atoms with van der Waals surface area (Å²) in [6.07, 6.45) is -22.4. The molecule has 5 aliphatic rings. The largest absolute Gasteiger partial charge is 0.508 e. The zero-order chi connectivity index (χ0) is 60.8. The second kappa shape index (κ2) is 26.8. The van der Waals surface area contributed by atoms with Gasteiger partial charge in [0.25, 0.3) is 0 Å². The van der Waals surface area contributed by atoms with Gasteiger partial charge in [0.15, 0.2) is 58.4 Å². The minimum absolute atomic E-state index is 0.00911. The van der Waals surface area contributed by atoms with Crippen LogP contribution in [-0.4, -0.2) is 230 Å². The number of rotatable bonds is 20. The SMILES string of the molecule is COc1cc(/C=C/C(=O)OC[C@H]2O[C@@H](O[C@H]3[C@@H](OC4=C(c5ccc(O)c(O)c5)OC5C=C(O)C=C(O[C@@H]6O[C@H](CO)[C@@H](O)[C@H](O)[C@H]6O)C5=C4)O[C@H](COC(=O)/C=C/c4cc(OC)c(O)c(OC)c4)[C@@H](O)[C@@H]3O)[C@H](O)[C@@H](O)[C@@H]2O)cc(OC)c1O. The molecule has 29 heteroatoms.